The van der Waals surface area contributed by atoms with Gasteiger partial charge >= 0.3 is 6.18 Å². The number of halogens is 3. The van der Waals surface area contributed by atoms with E-state index in [1.807, 2.05) is 23.6 Å². The number of allylic oxidation sites excluding steroid dienone is 1. The SMILES string of the molecule is COc1cc(OC)c(-c2cccs2)cc1C=CC(=O)c1ccc(S(=O)(=O)NCC(F)(F)F)cc1.[Na]. The molecule has 0 saturated heterocycles. The molecule has 12 heteroatoms. The molecule has 0 aliphatic carbocycles. The first-order valence-corrected chi connectivity index (χ1v) is 12.1. The number of sulfonamides is 1. The van der Waals surface area contributed by atoms with Crippen molar-refractivity contribution in [1.29, 1.82) is 0 Å². The minimum Gasteiger partial charge on any atom is -0.496 e. The monoisotopic (exact) mass is 534 g/mol. The summed E-state index contributed by atoms with van der Waals surface area (Å²) >= 11 is 1.53. The van der Waals surface area contributed by atoms with Crippen LogP contribution in [0, 0.1) is 0 Å². The first kappa shape index (κ1) is 29.1. The van der Waals surface area contributed by atoms with Crippen molar-refractivity contribution >= 4 is 62.8 Å². The van der Waals surface area contributed by atoms with Crippen molar-refractivity contribution < 1.29 is 35.9 Å². The van der Waals surface area contributed by atoms with E-state index in [9.17, 15) is 26.4 Å². The summed E-state index contributed by atoms with van der Waals surface area (Å²) in [4.78, 5) is 13.2. The molecule has 0 unspecified atom stereocenters. The molecular weight excluding hydrogens is 514 g/mol. The van der Waals surface area contributed by atoms with E-state index in [1.165, 1.54) is 41.4 Å². The van der Waals surface area contributed by atoms with Gasteiger partial charge in [-0.05, 0) is 53.9 Å². The molecule has 0 aliphatic rings. The minimum atomic E-state index is -4.68. The van der Waals surface area contributed by atoms with E-state index in [0.717, 1.165) is 22.6 Å². The molecule has 1 N–H and O–H groups in total. The predicted octanol–water partition coefficient (Wildman–Crippen LogP) is 4.79. The van der Waals surface area contributed by atoms with E-state index in [0.29, 0.717) is 17.1 Å². The number of hydrogen-bond donors (Lipinski definition) is 1. The Hall–Kier alpha value is -2.15. The van der Waals surface area contributed by atoms with Crippen LogP contribution in [0.3, 0.4) is 0 Å². The van der Waals surface area contributed by atoms with Gasteiger partial charge in [0.25, 0.3) is 0 Å². The van der Waals surface area contributed by atoms with Gasteiger partial charge in [0.05, 0.1) is 19.1 Å². The van der Waals surface area contributed by atoms with E-state index in [4.69, 9.17) is 9.47 Å². The van der Waals surface area contributed by atoms with Crippen molar-refractivity contribution in [2.45, 2.75) is 11.1 Å². The molecule has 0 saturated carbocycles. The summed E-state index contributed by atoms with van der Waals surface area (Å²) in [7, 11) is -1.32. The number of ether oxygens (including phenoxy) is 2. The number of methoxy groups -OCH3 is 2. The molecule has 1 heterocycles. The van der Waals surface area contributed by atoms with Gasteiger partial charge in [-0.25, -0.2) is 13.1 Å². The first-order chi connectivity index (χ1) is 16.0. The van der Waals surface area contributed by atoms with Crippen LogP contribution in [0.15, 0.2) is 64.9 Å². The molecule has 0 bridgehead atoms. The molecule has 1 aromatic heterocycles. The Morgan fingerprint density at radius 1 is 1.06 bits per heavy atom. The molecule has 0 spiro atoms. The second-order valence-electron chi connectivity index (χ2n) is 6.93. The van der Waals surface area contributed by atoms with Crippen LogP contribution >= 0.6 is 11.3 Å². The number of benzene rings is 2. The summed E-state index contributed by atoms with van der Waals surface area (Å²) in [6.45, 7) is -1.68. The van der Waals surface area contributed by atoms with Crippen LogP contribution in [-0.4, -0.2) is 70.7 Å². The van der Waals surface area contributed by atoms with Crippen LogP contribution in [0.2, 0.25) is 0 Å². The van der Waals surface area contributed by atoms with Crippen molar-refractivity contribution in [3.05, 3.63) is 71.1 Å². The number of thiophene rings is 1. The maximum Gasteiger partial charge on any atom is 0.402 e. The van der Waals surface area contributed by atoms with Gasteiger partial charge in [-0.15, -0.1) is 11.3 Å². The average molecular weight is 535 g/mol. The number of rotatable bonds is 9. The molecule has 3 aromatic rings. The van der Waals surface area contributed by atoms with E-state index in [1.54, 1.807) is 19.3 Å². The number of carbonyl (C=O) groups is 1. The fourth-order valence-corrected chi connectivity index (χ4v) is 4.76. The quantitative estimate of drug-likeness (QED) is 0.243. The van der Waals surface area contributed by atoms with Gasteiger partial charge < -0.3 is 9.47 Å². The zero-order chi connectivity index (χ0) is 24.9. The number of ketones is 1. The van der Waals surface area contributed by atoms with Crippen LogP contribution in [-0.2, 0) is 10.0 Å². The second-order valence-corrected chi connectivity index (χ2v) is 9.65. The molecule has 2 aromatic carbocycles. The van der Waals surface area contributed by atoms with E-state index in [2.05, 4.69) is 0 Å². The average Bonchev–Trinajstić information content (AvgIpc) is 3.35. The van der Waals surface area contributed by atoms with E-state index in [-0.39, 0.29) is 40.0 Å². The Labute approximate surface area is 227 Å². The zero-order valence-electron chi connectivity index (χ0n) is 19.0. The van der Waals surface area contributed by atoms with Gasteiger partial charge in [0.15, 0.2) is 5.78 Å². The Kier molecular flexibility index (Phi) is 10.1. The Morgan fingerprint density at radius 2 is 1.71 bits per heavy atom. The maximum absolute atomic E-state index is 12.6. The fraction of sp³-hybridized carbons (Fsp3) is 0.174. The topological polar surface area (TPSA) is 81.7 Å². The van der Waals surface area contributed by atoms with Crippen LogP contribution in [0.4, 0.5) is 13.2 Å². The standard InChI is InChI=1S/C23H20F3NO5S2.Na/c1-31-20-13-21(32-2)18(22-4-3-11-33-22)12-16(20)7-10-19(28)15-5-8-17(9-6-15)34(29,30)27-14-23(24,25)26;/h3-13,27H,14H2,1-2H3;. The molecule has 6 nitrogen and oxygen atoms in total. The van der Waals surface area contributed by atoms with Gasteiger partial charge in [0.1, 0.15) is 18.0 Å². The molecule has 0 fully saturated rings. The van der Waals surface area contributed by atoms with Crippen molar-refractivity contribution in [1.82, 2.24) is 4.72 Å². The van der Waals surface area contributed by atoms with Crippen LogP contribution in [0.25, 0.3) is 16.5 Å². The molecule has 35 heavy (non-hydrogen) atoms. The molecule has 0 aliphatic heterocycles. The van der Waals surface area contributed by atoms with Crippen LogP contribution < -0.4 is 14.2 Å². The Bertz CT molecular complexity index is 1290. The summed E-state index contributed by atoms with van der Waals surface area (Å²) in [6.07, 6.45) is -1.82. The van der Waals surface area contributed by atoms with E-state index < -0.39 is 28.5 Å². The Balaban J connectivity index is 0.00000432. The minimum absolute atomic E-state index is 0. The van der Waals surface area contributed by atoms with Crippen LogP contribution in [0.1, 0.15) is 15.9 Å². The third kappa shape index (κ3) is 7.66. The van der Waals surface area contributed by atoms with Crippen molar-refractivity contribution in [3.8, 4) is 21.9 Å². The number of carbonyl (C=O) groups excluding carboxylic acids is 1. The molecular formula is C23H20F3NNaO5S2. The maximum atomic E-state index is 12.6. The summed E-state index contributed by atoms with van der Waals surface area (Å²) < 4.78 is 73.2. The molecule has 0 atom stereocenters. The summed E-state index contributed by atoms with van der Waals surface area (Å²) in [5.41, 5.74) is 1.61. The molecule has 3 rings (SSSR count). The molecule has 1 radical (unpaired) electrons. The molecule has 0 amide bonds. The number of nitrogens with one attached hydrogen (secondary N) is 1. The zero-order valence-corrected chi connectivity index (χ0v) is 22.7. The van der Waals surface area contributed by atoms with Gasteiger partial charge in [0.2, 0.25) is 10.0 Å². The van der Waals surface area contributed by atoms with Crippen molar-refractivity contribution in [2.24, 2.45) is 0 Å². The summed E-state index contributed by atoms with van der Waals surface area (Å²) in [6, 6.07) is 12.0. The van der Waals surface area contributed by atoms with Crippen LogP contribution in [0.5, 0.6) is 11.5 Å². The van der Waals surface area contributed by atoms with Gasteiger partial charge in [0, 0.05) is 57.2 Å². The largest absolute Gasteiger partial charge is 0.496 e. The smallest absolute Gasteiger partial charge is 0.402 e. The third-order valence-electron chi connectivity index (χ3n) is 4.66. The normalized spacial score (nSPS) is 11.8. The fourth-order valence-electron chi connectivity index (χ4n) is 3.00. The number of hydrogen-bond acceptors (Lipinski definition) is 6. The van der Waals surface area contributed by atoms with Gasteiger partial charge in [-0.3, -0.25) is 4.79 Å². The van der Waals surface area contributed by atoms with Crippen molar-refractivity contribution in [2.75, 3.05) is 20.8 Å². The van der Waals surface area contributed by atoms with Crippen molar-refractivity contribution in [3.63, 3.8) is 0 Å². The van der Waals surface area contributed by atoms with Gasteiger partial charge in [-0.2, -0.15) is 13.2 Å². The van der Waals surface area contributed by atoms with E-state index >= 15 is 0 Å². The molecule has 181 valence electrons. The Morgan fingerprint density at radius 3 is 2.26 bits per heavy atom. The number of alkyl halides is 3. The first-order valence-electron chi connectivity index (χ1n) is 9.73. The second kappa shape index (κ2) is 12.2. The third-order valence-corrected chi connectivity index (χ3v) is 6.98. The summed E-state index contributed by atoms with van der Waals surface area (Å²) in [5.74, 6) is 0.667. The van der Waals surface area contributed by atoms with Gasteiger partial charge in [-0.1, -0.05) is 6.07 Å². The predicted molar refractivity (Wildman–Crippen MR) is 130 cm³/mol. The summed E-state index contributed by atoms with van der Waals surface area (Å²) in [5, 5.41) is 1.93.